The molecule has 2 aliphatic rings. The quantitative estimate of drug-likeness (QED) is 0.757. The number of carbonyl (C=O) groups excluding carboxylic acids is 1. The number of carbonyl (C=O) groups is 1. The SMILES string of the molecule is CC(C)c1ccc2c(c1)CCCN2C(=O)c1ccc(S(=O)(=O)N2CCCC2)cc1. The Morgan fingerprint density at radius 1 is 0.931 bits per heavy atom. The lowest BCUT2D eigenvalue weighted by molar-refractivity contribution is 0.0985. The van der Waals surface area contributed by atoms with Crippen LogP contribution in [0.5, 0.6) is 0 Å². The predicted octanol–water partition coefficient (Wildman–Crippen LogP) is 4.19. The second-order valence-corrected chi connectivity index (χ2v) is 10.2. The average molecular weight is 413 g/mol. The van der Waals surface area contributed by atoms with E-state index in [0.717, 1.165) is 31.4 Å². The maximum atomic E-state index is 13.2. The number of aryl methyl sites for hydroxylation is 1. The third kappa shape index (κ3) is 3.83. The fraction of sp³-hybridized carbons (Fsp3) is 0.435. The molecular formula is C23H28N2O3S. The number of hydrogen-bond acceptors (Lipinski definition) is 3. The van der Waals surface area contributed by atoms with Crippen LogP contribution in [-0.2, 0) is 16.4 Å². The zero-order valence-corrected chi connectivity index (χ0v) is 17.9. The van der Waals surface area contributed by atoms with Gasteiger partial charge in [0.2, 0.25) is 10.0 Å². The number of sulfonamides is 1. The summed E-state index contributed by atoms with van der Waals surface area (Å²) in [5, 5.41) is 0. The number of anilines is 1. The molecule has 2 aliphatic heterocycles. The third-order valence-electron chi connectivity index (χ3n) is 5.94. The highest BCUT2D eigenvalue weighted by atomic mass is 32.2. The summed E-state index contributed by atoms with van der Waals surface area (Å²) in [5.74, 6) is 0.379. The van der Waals surface area contributed by atoms with Crippen molar-refractivity contribution in [2.24, 2.45) is 0 Å². The number of amides is 1. The Morgan fingerprint density at radius 3 is 2.28 bits per heavy atom. The van der Waals surface area contributed by atoms with E-state index in [2.05, 4.69) is 26.0 Å². The highest BCUT2D eigenvalue weighted by Crippen LogP contribution is 2.31. The van der Waals surface area contributed by atoms with E-state index in [1.807, 2.05) is 11.0 Å². The summed E-state index contributed by atoms with van der Waals surface area (Å²) in [4.78, 5) is 15.3. The molecule has 2 heterocycles. The summed E-state index contributed by atoms with van der Waals surface area (Å²) in [6.45, 7) is 6.18. The highest BCUT2D eigenvalue weighted by Gasteiger charge is 2.28. The Hall–Kier alpha value is -2.18. The maximum absolute atomic E-state index is 13.2. The standard InChI is InChI=1S/C23H28N2O3S/c1-17(2)19-9-12-22-20(16-19)6-5-15-25(22)23(26)18-7-10-21(11-8-18)29(27,28)24-13-3-4-14-24/h7-12,16-17H,3-6,13-15H2,1-2H3. The van der Waals surface area contributed by atoms with Crippen LogP contribution in [0.1, 0.15) is 60.5 Å². The van der Waals surface area contributed by atoms with E-state index in [-0.39, 0.29) is 10.8 Å². The van der Waals surface area contributed by atoms with Gasteiger partial charge in [-0.3, -0.25) is 4.79 Å². The minimum atomic E-state index is -3.46. The van der Waals surface area contributed by atoms with Crippen molar-refractivity contribution in [1.82, 2.24) is 4.31 Å². The van der Waals surface area contributed by atoms with Crippen LogP contribution >= 0.6 is 0 Å². The smallest absolute Gasteiger partial charge is 0.258 e. The maximum Gasteiger partial charge on any atom is 0.258 e. The molecule has 0 bridgehead atoms. The fourth-order valence-electron chi connectivity index (χ4n) is 4.19. The molecule has 0 N–H and O–H groups in total. The number of rotatable bonds is 4. The van der Waals surface area contributed by atoms with Crippen LogP contribution in [0.2, 0.25) is 0 Å². The van der Waals surface area contributed by atoms with Gasteiger partial charge in [0.1, 0.15) is 0 Å². The molecule has 1 fully saturated rings. The Morgan fingerprint density at radius 2 is 1.62 bits per heavy atom. The lowest BCUT2D eigenvalue weighted by Crippen LogP contribution is -2.35. The van der Waals surface area contributed by atoms with Crippen molar-refractivity contribution in [3.8, 4) is 0 Å². The van der Waals surface area contributed by atoms with Gasteiger partial charge in [0.25, 0.3) is 5.91 Å². The molecule has 4 rings (SSSR count). The van der Waals surface area contributed by atoms with Gasteiger partial charge in [-0.15, -0.1) is 0 Å². The molecule has 29 heavy (non-hydrogen) atoms. The third-order valence-corrected chi connectivity index (χ3v) is 7.85. The lowest BCUT2D eigenvalue weighted by Gasteiger charge is -2.30. The fourth-order valence-corrected chi connectivity index (χ4v) is 5.71. The number of nitrogens with zero attached hydrogens (tertiary/aromatic N) is 2. The first kappa shape index (κ1) is 20.1. The van der Waals surface area contributed by atoms with E-state index < -0.39 is 10.0 Å². The van der Waals surface area contributed by atoms with Crippen LogP contribution in [0.3, 0.4) is 0 Å². The largest absolute Gasteiger partial charge is 0.308 e. The van der Waals surface area contributed by atoms with Gasteiger partial charge in [-0.1, -0.05) is 26.0 Å². The predicted molar refractivity (Wildman–Crippen MR) is 115 cm³/mol. The van der Waals surface area contributed by atoms with Crippen molar-refractivity contribution in [3.63, 3.8) is 0 Å². The summed E-state index contributed by atoms with van der Waals surface area (Å²) < 4.78 is 26.9. The van der Waals surface area contributed by atoms with Gasteiger partial charge in [0.05, 0.1) is 4.90 Å². The second kappa shape index (κ2) is 7.92. The van der Waals surface area contributed by atoms with Crippen LogP contribution in [-0.4, -0.2) is 38.3 Å². The summed E-state index contributed by atoms with van der Waals surface area (Å²) in [5.41, 5.74) is 3.99. The van der Waals surface area contributed by atoms with Crippen molar-refractivity contribution >= 4 is 21.6 Å². The topological polar surface area (TPSA) is 57.7 Å². The molecule has 0 spiro atoms. The van der Waals surface area contributed by atoms with E-state index in [0.29, 0.717) is 31.1 Å². The van der Waals surface area contributed by atoms with Gasteiger partial charge in [0.15, 0.2) is 0 Å². The summed E-state index contributed by atoms with van der Waals surface area (Å²) in [6, 6.07) is 12.8. The Balaban J connectivity index is 1.58. The van der Waals surface area contributed by atoms with Crippen LogP contribution in [0, 0.1) is 0 Å². The molecule has 0 aromatic heterocycles. The van der Waals surface area contributed by atoms with Gasteiger partial charge in [-0.2, -0.15) is 4.31 Å². The Labute approximate surface area is 173 Å². The van der Waals surface area contributed by atoms with Crippen LogP contribution < -0.4 is 4.90 Å². The molecule has 0 atom stereocenters. The lowest BCUT2D eigenvalue weighted by atomic mass is 9.94. The van der Waals surface area contributed by atoms with Gasteiger partial charge in [0, 0.05) is 30.9 Å². The number of fused-ring (bicyclic) bond motifs is 1. The molecule has 2 aromatic carbocycles. The Kier molecular flexibility index (Phi) is 5.49. The molecule has 0 aliphatic carbocycles. The second-order valence-electron chi connectivity index (χ2n) is 8.24. The van der Waals surface area contributed by atoms with Crippen molar-refractivity contribution in [1.29, 1.82) is 0 Å². The van der Waals surface area contributed by atoms with Crippen LogP contribution in [0.15, 0.2) is 47.4 Å². The molecule has 0 unspecified atom stereocenters. The normalized spacial score (nSPS) is 17.6. The van der Waals surface area contributed by atoms with Gasteiger partial charge in [-0.05, 0) is 73.1 Å². The highest BCUT2D eigenvalue weighted by molar-refractivity contribution is 7.89. The van der Waals surface area contributed by atoms with E-state index in [1.54, 1.807) is 24.3 Å². The molecule has 0 radical (unpaired) electrons. The first-order chi connectivity index (χ1) is 13.9. The van der Waals surface area contributed by atoms with Crippen LogP contribution in [0.25, 0.3) is 0 Å². The molecule has 0 saturated carbocycles. The number of hydrogen-bond donors (Lipinski definition) is 0. The first-order valence-electron chi connectivity index (χ1n) is 10.4. The molecule has 1 saturated heterocycles. The van der Waals surface area contributed by atoms with E-state index in [9.17, 15) is 13.2 Å². The molecule has 2 aromatic rings. The average Bonchev–Trinajstić information content (AvgIpc) is 3.28. The molecular weight excluding hydrogens is 384 g/mol. The van der Waals surface area contributed by atoms with Crippen molar-refractivity contribution in [2.45, 2.75) is 50.3 Å². The zero-order chi connectivity index (χ0) is 20.6. The summed E-state index contributed by atoms with van der Waals surface area (Å²) in [7, 11) is -3.46. The monoisotopic (exact) mass is 412 g/mol. The van der Waals surface area contributed by atoms with Gasteiger partial charge in [-0.25, -0.2) is 8.42 Å². The van der Waals surface area contributed by atoms with Crippen molar-refractivity contribution in [3.05, 3.63) is 59.2 Å². The molecule has 6 heteroatoms. The van der Waals surface area contributed by atoms with Crippen molar-refractivity contribution < 1.29 is 13.2 Å². The first-order valence-corrected chi connectivity index (χ1v) is 11.9. The van der Waals surface area contributed by atoms with E-state index in [1.165, 1.54) is 15.4 Å². The Bertz CT molecular complexity index is 1010. The van der Waals surface area contributed by atoms with Gasteiger partial charge >= 0.3 is 0 Å². The van der Waals surface area contributed by atoms with Crippen molar-refractivity contribution in [2.75, 3.05) is 24.5 Å². The van der Waals surface area contributed by atoms with E-state index >= 15 is 0 Å². The van der Waals surface area contributed by atoms with Gasteiger partial charge < -0.3 is 4.90 Å². The van der Waals surface area contributed by atoms with E-state index in [4.69, 9.17) is 0 Å². The summed E-state index contributed by atoms with van der Waals surface area (Å²) in [6.07, 6.45) is 3.72. The minimum absolute atomic E-state index is 0.0756. The minimum Gasteiger partial charge on any atom is -0.308 e. The zero-order valence-electron chi connectivity index (χ0n) is 17.1. The van der Waals surface area contributed by atoms with Crippen LogP contribution in [0.4, 0.5) is 5.69 Å². The number of benzene rings is 2. The molecule has 1 amide bonds. The summed E-state index contributed by atoms with van der Waals surface area (Å²) >= 11 is 0. The molecule has 5 nitrogen and oxygen atoms in total. The molecule has 154 valence electrons.